The molecule has 6 nitrogen and oxygen atoms in total. The molecule has 1 N–H and O–H groups in total. The maximum atomic E-state index is 13.7. The lowest BCUT2D eigenvalue weighted by molar-refractivity contribution is -0.131. The van der Waals surface area contributed by atoms with Gasteiger partial charge in [0.15, 0.2) is 6.10 Å². The second-order valence-corrected chi connectivity index (χ2v) is 6.93. The van der Waals surface area contributed by atoms with E-state index in [1.807, 2.05) is 6.92 Å². The molecule has 132 valence electrons. The summed E-state index contributed by atoms with van der Waals surface area (Å²) >= 11 is 1.34. The van der Waals surface area contributed by atoms with Crippen molar-refractivity contribution in [2.75, 3.05) is 25.0 Å². The third-order valence-corrected chi connectivity index (χ3v) is 4.94. The summed E-state index contributed by atoms with van der Waals surface area (Å²) in [5.41, 5.74) is 0.778. The minimum Gasteiger partial charge on any atom is -0.365 e. The highest BCUT2D eigenvalue weighted by atomic mass is 32.1. The zero-order chi connectivity index (χ0) is 18.0. The van der Waals surface area contributed by atoms with E-state index in [0.29, 0.717) is 17.1 Å². The Balaban J connectivity index is 1.68. The summed E-state index contributed by atoms with van der Waals surface area (Å²) in [6.45, 7) is 4.41. The number of aromatic nitrogens is 1. The number of benzene rings is 1. The highest BCUT2D eigenvalue weighted by molar-refractivity contribution is 7.13. The number of ether oxygens (including phenoxy) is 1. The molecule has 1 aliphatic heterocycles. The molecule has 1 aromatic carbocycles. The Labute approximate surface area is 148 Å². The van der Waals surface area contributed by atoms with E-state index in [2.05, 4.69) is 10.3 Å². The number of para-hydroxylation sites is 1. The third kappa shape index (κ3) is 3.85. The highest BCUT2D eigenvalue weighted by Gasteiger charge is 2.31. The van der Waals surface area contributed by atoms with Crippen LogP contribution in [0.5, 0.6) is 0 Å². The van der Waals surface area contributed by atoms with Gasteiger partial charge in [-0.25, -0.2) is 9.37 Å². The molecule has 1 atom stereocenters. The standard InChI is InChI=1S/C17H18FN3O3S/c1-10-15(25-11(2)19-10)17(23)21-7-8-24-14(9-21)16(22)20-13-6-4-3-5-12(13)18/h3-6,14H,7-9H2,1-2H3,(H,20,22). The normalized spacial score (nSPS) is 17.4. The molecule has 1 saturated heterocycles. The first-order valence-electron chi connectivity index (χ1n) is 7.86. The number of halogens is 1. The van der Waals surface area contributed by atoms with Crippen molar-refractivity contribution >= 4 is 28.8 Å². The minimum absolute atomic E-state index is 0.0912. The van der Waals surface area contributed by atoms with Gasteiger partial charge >= 0.3 is 0 Å². The number of thiazole rings is 1. The molecule has 2 heterocycles. The lowest BCUT2D eigenvalue weighted by atomic mass is 10.2. The van der Waals surface area contributed by atoms with E-state index < -0.39 is 17.8 Å². The van der Waals surface area contributed by atoms with E-state index in [1.54, 1.807) is 24.0 Å². The predicted molar refractivity (Wildman–Crippen MR) is 92.3 cm³/mol. The number of amides is 2. The first-order chi connectivity index (χ1) is 12.0. The molecular formula is C17H18FN3O3S. The van der Waals surface area contributed by atoms with Crippen molar-refractivity contribution in [2.24, 2.45) is 0 Å². The maximum absolute atomic E-state index is 13.7. The summed E-state index contributed by atoms with van der Waals surface area (Å²) in [5, 5.41) is 3.33. The van der Waals surface area contributed by atoms with E-state index in [1.165, 1.54) is 23.5 Å². The van der Waals surface area contributed by atoms with Crippen LogP contribution in [0.15, 0.2) is 24.3 Å². The monoisotopic (exact) mass is 363 g/mol. The molecule has 0 spiro atoms. The lowest BCUT2D eigenvalue weighted by Crippen LogP contribution is -2.50. The molecule has 1 fully saturated rings. The van der Waals surface area contributed by atoms with Gasteiger partial charge < -0.3 is 15.0 Å². The molecule has 2 aromatic rings. The van der Waals surface area contributed by atoms with Crippen LogP contribution in [0.3, 0.4) is 0 Å². The van der Waals surface area contributed by atoms with Gasteiger partial charge in [0.1, 0.15) is 10.7 Å². The maximum Gasteiger partial charge on any atom is 0.266 e. The quantitative estimate of drug-likeness (QED) is 0.909. The number of carbonyl (C=O) groups excluding carboxylic acids is 2. The molecule has 1 aliphatic rings. The van der Waals surface area contributed by atoms with Crippen LogP contribution in [-0.2, 0) is 9.53 Å². The summed E-state index contributed by atoms with van der Waals surface area (Å²) in [6.07, 6.45) is -0.841. The number of nitrogens with one attached hydrogen (secondary N) is 1. The molecule has 0 saturated carbocycles. The number of hydrogen-bond donors (Lipinski definition) is 1. The fourth-order valence-corrected chi connectivity index (χ4v) is 3.53. The van der Waals surface area contributed by atoms with E-state index >= 15 is 0 Å². The van der Waals surface area contributed by atoms with E-state index in [4.69, 9.17) is 4.74 Å². The Morgan fingerprint density at radius 1 is 1.36 bits per heavy atom. The number of morpholine rings is 1. The zero-order valence-electron chi connectivity index (χ0n) is 13.9. The lowest BCUT2D eigenvalue weighted by Gasteiger charge is -2.32. The van der Waals surface area contributed by atoms with Gasteiger partial charge in [-0.1, -0.05) is 12.1 Å². The average molecular weight is 363 g/mol. The summed E-state index contributed by atoms with van der Waals surface area (Å²) in [6, 6.07) is 5.91. The van der Waals surface area contributed by atoms with Crippen molar-refractivity contribution in [1.29, 1.82) is 0 Å². The molecule has 0 radical (unpaired) electrons. The molecular weight excluding hydrogens is 345 g/mol. The number of rotatable bonds is 3. The Hall–Kier alpha value is -2.32. The summed E-state index contributed by atoms with van der Waals surface area (Å²) in [7, 11) is 0. The van der Waals surface area contributed by atoms with Crippen LogP contribution in [0.4, 0.5) is 10.1 Å². The molecule has 0 bridgehead atoms. The van der Waals surface area contributed by atoms with Gasteiger partial charge in [-0.05, 0) is 26.0 Å². The van der Waals surface area contributed by atoms with Crippen molar-refractivity contribution in [3.05, 3.63) is 45.7 Å². The fourth-order valence-electron chi connectivity index (χ4n) is 2.64. The van der Waals surface area contributed by atoms with Crippen LogP contribution in [0.1, 0.15) is 20.4 Å². The van der Waals surface area contributed by atoms with Crippen LogP contribution in [0, 0.1) is 19.7 Å². The number of anilines is 1. The zero-order valence-corrected chi connectivity index (χ0v) is 14.7. The van der Waals surface area contributed by atoms with Gasteiger partial charge in [0.25, 0.3) is 11.8 Å². The highest BCUT2D eigenvalue weighted by Crippen LogP contribution is 2.21. The van der Waals surface area contributed by atoms with Gasteiger partial charge in [0.05, 0.1) is 29.5 Å². The van der Waals surface area contributed by atoms with Crippen LogP contribution in [0.25, 0.3) is 0 Å². The van der Waals surface area contributed by atoms with Crippen LogP contribution in [0.2, 0.25) is 0 Å². The smallest absolute Gasteiger partial charge is 0.266 e. The summed E-state index contributed by atoms with van der Waals surface area (Å²) in [5.74, 6) is -1.15. The van der Waals surface area contributed by atoms with Crippen molar-refractivity contribution < 1.29 is 18.7 Å². The third-order valence-electron chi connectivity index (χ3n) is 3.88. The van der Waals surface area contributed by atoms with Gasteiger partial charge in [0.2, 0.25) is 0 Å². The molecule has 8 heteroatoms. The van der Waals surface area contributed by atoms with Crippen LogP contribution < -0.4 is 5.32 Å². The Morgan fingerprint density at radius 3 is 2.80 bits per heavy atom. The SMILES string of the molecule is Cc1nc(C)c(C(=O)N2CCOC(C(=O)Nc3ccccc3F)C2)s1. The molecule has 2 amide bonds. The Bertz CT molecular complexity index is 808. The van der Waals surface area contributed by atoms with E-state index in [-0.39, 0.29) is 24.7 Å². The molecule has 0 aliphatic carbocycles. The van der Waals surface area contributed by atoms with Crippen molar-refractivity contribution in [3.8, 4) is 0 Å². The van der Waals surface area contributed by atoms with Crippen LogP contribution >= 0.6 is 11.3 Å². The Morgan fingerprint density at radius 2 is 2.12 bits per heavy atom. The second kappa shape index (κ2) is 7.28. The largest absolute Gasteiger partial charge is 0.365 e. The minimum atomic E-state index is -0.841. The number of aryl methyl sites for hydroxylation is 2. The number of carbonyl (C=O) groups is 2. The molecule has 3 rings (SSSR count). The predicted octanol–water partition coefficient (Wildman–Crippen LogP) is 2.38. The first kappa shape index (κ1) is 17.5. The molecule has 1 unspecified atom stereocenters. The fraction of sp³-hybridized carbons (Fsp3) is 0.353. The summed E-state index contributed by atoms with van der Waals surface area (Å²) < 4.78 is 19.1. The van der Waals surface area contributed by atoms with E-state index in [9.17, 15) is 14.0 Å². The Kier molecular flexibility index (Phi) is 5.10. The first-order valence-corrected chi connectivity index (χ1v) is 8.67. The molecule has 25 heavy (non-hydrogen) atoms. The van der Waals surface area contributed by atoms with Gasteiger partial charge in [-0.2, -0.15) is 0 Å². The van der Waals surface area contributed by atoms with Gasteiger partial charge in [0, 0.05) is 6.54 Å². The van der Waals surface area contributed by atoms with Crippen molar-refractivity contribution in [1.82, 2.24) is 9.88 Å². The van der Waals surface area contributed by atoms with Crippen LogP contribution in [-0.4, -0.2) is 47.5 Å². The van der Waals surface area contributed by atoms with E-state index in [0.717, 1.165) is 5.01 Å². The average Bonchev–Trinajstić information content (AvgIpc) is 2.94. The van der Waals surface area contributed by atoms with Gasteiger partial charge in [-0.15, -0.1) is 11.3 Å². The molecule has 1 aromatic heterocycles. The topological polar surface area (TPSA) is 71.5 Å². The van der Waals surface area contributed by atoms with Gasteiger partial charge in [-0.3, -0.25) is 9.59 Å². The second-order valence-electron chi connectivity index (χ2n) is 5.73. The number of nitrogens with zero attached hydrogens (tertiary/aromatic N) is 2. The van der Waals surface area contributed by atoms with Crippen molar-refractivity contribution in [3.63, 3.8) is 0 Å². The van der Waals surface area contributed by atoms with Crippen molar-refractivity contribution in [2.45, 2.75) is 20.0 Å². The summed E-state index contributed by atoms with van der Waals surface area (Å²) in [4.78, 5) is 31.4. The number of hydrogen-bond acceptors (Lipinski definition) is 5.